The number of aromatic amines is 1. The summed E-state index contributed by atoms with van der Waals surface area (Å²) in [5, 5.41) is 9.59. The molecule has 0 radical (unpaired) electrons. The Morgan fingerprint density at radius 1 is 1.08 bits per heavy atom. The quantitative estimate of drug-likeness (QED) is 0.566. The Bertz CT molecular complexity index is 1080. The van der Waals surface area contributed by atoms with Crippen molar-refractivity contribution >= 4 is 11.2 Å². The van der Waals surface area contributed by atoms with Gasteiger partial charge in [-0.25, -0.2) is 24.0 Å². The van der Waals surface area contributed by atoms with E-state index in [0.29, 0.717) is 5.56 Å². The summed E-state index contributed by atoms with van der Waals surface area (Å²) in [4.78, 5) is 11.7. The first-order valence-corrected chi connectivity index (χ1v) is 7.34. The van der Waals surface area contributed by atoms with Gasteiger partial charge in [-0.3, -0.25) is 5.10 Å². The summed E-state index contributed by atoms with van der Waals surface area (Å²) in [5.41, 5.74) is 0.916. The summed E-state index contributed by atoms with van der Waals surface area (Å²) in [6.07, 6.45) is -1.90. The number of alkyl halides is 3. The highest BCUT2D eigenvalue weighted by Gasteiger charge is 2.36. The second kappa shape index (κ2) is 5.86. The smallest absolute Gasteiger partial charge is 0.257 e. The summed E-state index contributed by atoms with van der Waals surface area (Å²) in [6.45, 7) is 0.0299. The minimum Gasteiger partial charge on any atom is -0.257 e. The molecule has 0 unspecified atom stereocenters. The molecule has 0 saturated heterocycles. The molecule has 0 aliphatic rings. The minimum atomic E-state index is -4.69. The zero-order chi connectivity index (χ0) is 18.3. The van der Waals surface area contributed by atoms with E-state index < -0.39 is 17.8 Å². The van der Waals surface area contributed by atoms with Crippen LogP contribution in [0.2, 0.25) is 0 Å². The fourth-order valence-corrected chi connectivity index (χ4v) is 2.45. The number of fused-ring (bicyclic) bond motifs is 1. The zero-order valence-electron chi connectivity index (χ0n) is 12.9. The van der Waals surface area contributed by atoms with Gasteiger partial charge in [-0.05, 0) is 6.07 Å². The molecule has 1 aromatic carbocycles. The molecule has 0 aliphatic heterocycles. The number of aromatic nitrogens is 7. The Balaban J connectivity index is 1.82. The van der Waals surface area contributed by atoms with Gasteiger partial charge in [0.2, 0.25) is 0 Å². The Hall–Kier alpha value is -3.37. The first kappa shape index (κ1) is 16.1. The molecule has 0 amide bonds. The highest BCUT2D eigenvalue weighted by molar-refractivity contribution is 5.85. The first-order chi connectivity index (χ1) is 12.4. The molecule has 132 valence electrons. The van der Waals surface area contributed by atoms with Gasteiger partial charge in [-0.1, -0.05) is 18.2 Å². The maximum absolute atomic E-state index is 13.9. The predicted octanol–water partition coefficient (Wildman–Crippen LogP) is 2.82. The normalized spacial score (nSPS) is 12.0. The van der Waals surface area contributed by atoms with Crippen LogP contribution >= 0.6 is 0 Å². The van der Waals surface area contributed by atoms with Crippen LogP contribution in [0.3, 0.4) is 0 Å². The highest BCUT2D eigenvalue weighted by atomic mass is 19.4. The summed E-state index contributed by atoms with van der Waals surface area (Å²) >= 11 is 0. The summed E-state index contributed by atoms with van der Waals surface area (Å²) in [5.74, 6) is -1.94. The van der Waals surface area contributed by atoms with Crippen LogP contribution in [0.15, 0.2) is 36.7 Å². The molecule has 0 bridgehead atoms. The van der Waals surface area contributed by atoms with Crippen molar-refractivity contribution in [2.45, 2.75) is 12.7 Å². The molecule has 0 spiro atoms. The number of hydrogen-bond donors (Lipinski definition) is 1. The molecular weight excluding hydrogens is 354 g/mol. The Labute approximate surface area is 142 Å². The molecule has 1 N–H and O–H groups in total. The lowest BCUT2D eigenvalue weighted by atomic mass is 10.2. The first-order valence-electron chi connectivity index (χ1n) is 7.34. The van der Waals surface area contributed by atoms with Gasteiger partial charge in [0.25, 0.3) is 5.82 Å². The maximum Gasteiger partial charge on any atom is 0.453 e. The molecule has 26 heavy (non-hydrogen) atoms. The SMILES string of the molecule is Fc1ccccc1Cn1nc(-c2nc(C(F)(F)F)n[nH]2)c2nccnc21. The van der Waals surface area contributed by atoms with E-state index >= 15 is 0 Å². The largest absolute Gasteiger partial charge is 0.453 e. The molecule has 11 heteroatoms. The van der Waals surface area contributed by atoms with Crippen molar-refractivity contribution in [2.24, 2.45) is 0 Å². The van der Waals surface area contributed by atoms with Gasteiger partial charge in [-0.2, -0.15) is 18.3 Å². The lowest BCUT2D eigenvalue weighted by molar-refractivity contribution is -0.144. The van der Waals surface area contributed by atoms with E-state index in [1.54, 1.807) is 18.2 Å². The Morgan fingerprint density at radius 2 is 1.85 bits per heavy atom. The molecule has 3 heterocycles. The predicted molar refractivity (Wildman–Crippen MR) is 81.2 cm³/mol. The molecule has 0 fully saturated rings. The molecule has 0 saturated carbocycles. The molecule has 4 aromatic rings. The van der Waals surface area contributed by atoms with E-state index in [-0.39, 0.29) is 29.2 Å². The van der Waals surface area contributed by atoms with Crippen molar-refractivity contribution in [3.63, 3.8) is 0 Å². The van der Waals surface area contributed by atoms with Crippen molar-refractivity contribution in [3.8, 4) is 11.5 Å². The van der Waals surface area contributed by atoms with Crippen molar-refractivity contribution < 1.29 is 17.6 Å². The number of nitrogens with one attached hydrogen (secondary N) is 1. The fraction of sp³-hybridized carbons (Fsp3) is 0.133. The minimum absolute atomic E-state index is 0.0299. The second-order valence-electron chi connectivity index (χ2n) is 5.33. The van der Waals surface area contributed by atoms with E-state index in [1.807, 2.05) is 0 Å². The van der Waals surface area contributed by atoms with Gasteiger partial charge in [0.15, 0.2) is 17.2 Å². The number of hydrogen-bond acceptors (Lipinski definition) is 5. The van der Waals surface area contributed by atoms with Crippen LogP contribution in [0.1, 0.15) is 11.4 Å². The molecule has 0 aliphatic carbocycles. The average molecular weight is 363 g/mol. The van der Waals surface area contributed by atoms with Gasteiger partial charge >= 0.3 is 6.18 Å². The monoisotopic (exact) mass is 363 g/mol. The molecule has 0 atom stereocenters. The van der Waals surface area contributed by atoms with Crippen LogP contribution in [-0.4, -0.2) is 34.9 Å². The fourth-order valence-electron chi connectivity index (χ4n) is 2.45. The zero-order valence-corrected chi connectivity index (χ0v) is 12.9. The topological polar surface area (TPSA) is 85.2 Å². The lowest BCUT2D eigenvalue weighted by Crippen LogP contribution is -2.07. The number of nitrogens with zero attached hydrogens (tertiary/aromatic N) is 6. The number of benzene rings is 1. The van der Waals surface area contributed by atoms with Crippen molar-refractivity contribution in [1.29, 1.82) is 0 Å². The molecule has 4 rings (SSSR count). The third-order valence-electron chi connectivity index (χ3n) is 3.61. The van der Waals surface area contributed by atoms with Crippen LogP contribution < -0.4 is 0 Å². The van der Waals surface area contributed by atoms with Gasteiger partial charge in [0, 0.05) is 18.0 Å². The van der Waals surface area contributed by atoms with E-state index in [1.165, 1.54) is 23.1 Å². The van der Waals surface area contributed by atoms with Crippen LogP contribution in [0.4, 0.5) is 17.6 Å². The van der Waals surface area contributed by atoms with Gasteiger partial charge < -0.3 is 0 Å². The molecule has 3 aromatic heterocycles. The lowest BCUT2D eigenvalue weighted by Gasteiger charge is -2.03. The van der Waals surface area contributed by atoms with E-state index in [0.717, 1.165) is 0 Å². The Kier molecular flexibility index (Phi) is 3.63. The Morgan fingerprint density at radius 3 is 2.58 bits per heavy atom. The second-order valence-corrected chi connectivity index (χ2v) is 5.33. The summed E-state index contributed by atoms with van der Waals surface area (Å²) in [7, 11) is 0. The van der Waals surface area contributed by atoms with Crippen molar-refractivity contribution in [2.75, 3.05) is 0 Å². The summed E-state index contributed by atoms with van der Waals surface area (Å²) < 4.78 is 53.4. The third kappa shape index (κ3) is 2.76. The van der Waals surface area contributed by atoms with Crippen molar-refractivity contribution in [1.82, 2.24) is 34.9 Å². The van der Waals surface area contributed by atoms with Crippen molar-refractivity contribution in [3.05, 3.63) is 53.9 Å². The average Bonchev–Trinajstić information content (AvgIpc) is 3.22. The standard InChI is InChI=1S/C15H9F4N7/c16-9-4-2-1-3-8(9)7-26-13-11(20-5-6-21-13)10(25-26)12-22-14(24-23-12)15(17,18)19/h1-6H,7H2,(H,22,23,24). The number of rotatable bonds is 3. The molecule has 7 nitrogen and oxygen atoms in total. The van der Waals surface area contributed by atoms with E-state index in [9.17, 15) is 17.6 Å². The number of halogens is 4. The van der Waals surface area contributed by atoms with Crippen LogP contribution in [0.25, 0.3) is 22.7 Å². The van der Waals surface area contributed by atoms with Crippen LogP contribution in [-0.2, 0) is 12.7 Å². The van der Waals surface area contributed by atoms with Gasteiger partial charge in [0.1, 0.15) is 11.3 Å². The maximum atomic E-state index is 13.9. The van der Waals surface area contributed by atoms with Crippen LogP contribution in [0.5, 0.6) is 0 Å². The third-order valence-corrected chi connectivity index (χ3v) is 3.61. The van der Waals surface area contributed by atoms with Crippen LogP contribution in [0, 0.1) is 5.82 Å². The van der Waals surface area contributed by atoms with E-state index in [2.05, 4.69) is 30.2 Å². The highest BCUT2D eigenvalue weighted by Crippen LogP contribution is 2.29. The number of H-pyrrole nitrogens is 1. The van der Waals surface area contributed by atoms with Gasteiger partial charge in [-0.15, -0.1) is 5.10 Å². The summed E-state index contributed by atoms with van der Waals surface area (Å²) in [6, 6.07) is 6.11. The van der Waals surface area contributed by atoms with Gasteiger partial charge in [0.05, 0.1) is 6.54 Å². The molecular formula is C15H9F4N7. The van der Waals surface area contributed by atoms with E-state index in [4.69, 9.17) is 0 Å².